The Bertz CT molecular complexity index is 212. The number of ether oxygens (including phenoxy) is 2. The van der Waals surface area contributed by atoms with Gasteiger partial charge >= 0.3 is 11.9 Å². The molecule has 15 heavy (non-hydrogen) atoms. The molecule has 1 saturated heterocycles. The van der Waals surface area contributed by atoms with E-state index in [9.17, 15) is 13.6 Å². The molecule has 0 aliphatic carbocycles. The first-order valence-corrected chi connectivity index (χ1v) is 4.85. The van der Waals surface area contributed by atoms with Gasteiger partial charge in [-0.25, -0.2) is 4.79 Å². The van der Waals surface area contributed by atoms with E-state index in [1.54, 1.807) is 0 Å². The summed E-state index contributed by atoms with van der Waals surface area (Å²) < 4.78 is 34.3. The van der Waals surface area contributed by atoms with Gasteiger partial charge in [0.2, 0.25) is 0 Å². The first-order chi connectivity index (χ1) is 7.00. The Morgan fingerprint density at radius 1 is 1.47 bits per heavy atom. The molecule has 0 amide bonds. The van der Waals surface area contributed by atoms with Gasteiger partial charge in [0, 0.05) is 26.6 Å². The van der Waals surface area contributed by atoms with Crippen molar-refractivity contribution in [2.75, 3.05) is 39.5 Å². The Labute approximate surface area is 87.1 Å². The lowest BCUT2D eigenvalue weighted by molar-refractivity contribution is -0.169. The van der Waals surface area contributed by atoms with Gasteiger partial charge in [0.05, 0.1) is 13.2 Å². The van der Waals surface area contributed by atoms with Gasteiger partial charge in [0.25, 0.3) is 0 Å². The maximum absolute atomic E-state index is 12.4. The molecule has 1 aliphatic rings. The lowest BCUT2D eigenvalue weighted by Crippen LogP contribution is -2.39. The van der Waals surface area contributed by atoms with Crippen LogP contribution in [0, 0.1) is 0 Å². The normalized spacial score (nSPS) is 18.9. The second-order valence-corrected chi connectivity index (χ2v) is 3.48. The SMILES string of the molecule is CC(F)(F)C(=O)OCCN1CCOCC1. The fraction of sp³-hybridized carbons (Fsp3) is 0.889. The van der Waals surface area contributed by atoms with Crippen molar-refractivity contribution in [3.8, 4) is 0 Å². The van der Waals surface area contributed by atoms with Crippen LogP contribution < -0.4 is 0 Å². The van der Waals surface area contributed by atoms with E-state index < -0.39 is 11.9 Å². The number of hydrogen-bond donors (Lipinski definition) is 0. The topological polar surface area (TPSA) is 38.8 Å². The summed E-state index contributed by atoms with van der Waals surface area (Å²) in [4.78, 5) is 12.7. The number of carbonyl (C=O) groups excluding carboxylic acids is 1. The number of alkyl halides is 2. The van der Waals surface area contributed by atoms with E-state index in [2.05, 4.69) is 4.74 Å². The Morgan fingerprint density at radius 3 is 2.60 bits per heavy atom. The van der Waals surface area contributed by atoms with E-state index in [-0.39, 0.29) is 6.61 Å². The van der Waals surface area contributed by atoms with Gasteiger partial charge in [-0.2, -0.15) is 8.78 Å². The van der Waals surface area contributed by atoms with Crippen molar-refractivity contribution in [3.05, 3.63) is 0 Å². The third-order valence-corrected chi connectivity index (χ3v) is 2.10. The van der Waals surface area contributed by atoms with Gasteiger partial charge in [0.1, 0.15) is 6.61 Å². The van der Waals surface area contributed by atoms with Crippen molar-refractivity contribution < 1.29 is 23.0 Å². The van der Waals surface area contributed by atoms with E-state index in [1.807, 2.05) is 4.90 Å². The quantitative estimate of drug-likeness (QED) is 0.651. The largest absolute Gasteiger partial charge is 0.460 e. The Morgan fingerprint density at radius 2 is 2.07 bits per heavy atom. The number of rotatable bonds is 4. The zero-order valence-corrected chi connectivity index (χ0v) is 8.67. The highest BCUT2D eigenvalue weighted by atomic mass is 19.3. The van der Waals surface area contributed by atoms with Crippen molar-refractivity contribution in [2.45, 2.75) is 12.8 Å². The van der Waals surface area contributed by atoms with Crippen LogP contribution in [-0.2, 0) is 14.3 Å². The molecule has 1 heterocycles. The maximum atomic E-state index is 12.4. The highest BCUT2D eigenvalue weighted by Crippen LogP contribution is 2.13. The second kappa shape index (κ2) is 5.37. The minimum absolute atomic E-state index is 0.00225. The van der Waals surface area contributed by atoms with Crippen LogP contribution >= 0.6 is 0 Å². The molecule has 6 heteroatoms. The molecule has 0 N–H and O–H groups in total. The Balaban J connectivity index is 2.12. The van der Waals surface area contributed by atoms with Gasteiger partial charge in [0.15, 0.2) is 0 Å². The third kappa shape index (κ3) is 4.53. The molecule has 0 aromatic carbocycles. The molecule has 1 rings (SSSR count). The summed E-state index contributed by atoms with van der Waals surface area (Å²) in [5, 5.41) is 0. The van der Waals surface area contributed by atoms with Crippen LogP contribution in [0.25, 0.3) is 0 Å². The van der Waals surface area contributed by atoms with Gasteiger partial charge in [-0.1, -0.05) is 0 Å². The second-order valence-electron chi connectivity index (χ2n) is 3.48. The molecule has 0 aromatic rings. The van der Waals surface area contributed by atoms with Crippen molar-refractivity contribution in [3.63, 3.8) is 0 Å². The van der Waals surface area contributed by atoms with E-state index in [4.69, 9.17) is 4.74 Å². The molecule has 1 aliphatic heterocycles. The first-order valence-electron chi connectivity index (χ1n) is 4.85. The minimum Gasteiger partial charge on any atom is -0.460 e. The standard InChI is InChI=1S/C9H15F2NO3/c1-9(10,11)8(13)15-7-4-12-2-5-14-6-3-12/h2-7H2,1H3. The number of hydrogen-bond acceptors (Lipinski definition) is 4. The van der Waals surface area contributed by atoms with Crippen LogP contribution in [0.1, 0.15) is 6.92 Å². The third-order valence-electron chi connectivity index (χ3n) is 2.10. The monoisotopic (exact) mass is 223 g/mol. The molecular formula is C9H15F2NO3. The summed E-state index contributed by atoms with van der Waals surface area (Å²) in [5.74, 6) is -4.86. The van der Waals surface area contributed by atoms with Crippen molar-refractivity contribution >= 4 is 5.97 Å². The molecule has 4 nitrogen and oxygen atoms in total. The molecule has 1 fully saturated rings. The van der Waals surface area contributed by atoms with Gasteiger partial charge in [-0.15, -0.1) is 0 Å². The summed E-state index contributed by atoms with van der Waals surface area (Å²) in [6.07, 6.45) is 0. The van der Waals surface area contributed by atoms with Crippen LogP contribution in [0.5, 0.6) is 0 Å². The van der Waals surface area contributed by atoms with Crippen LogP contribution in [0.15, 0.2) is 0 Å². The molecule has 0 bridgehead atoms. The fourth-order valence-electron chi connectivity index (χ4n) is 1.22. The van der Waals surface area contributed by atoms with Crippen LogP contribution in [0.4, 0.5) is 8.78 Å². The lowest BCUT2D eigenvalue weighted by atomic mass is 10.4. The van der Waals surface area contributed by atoms with Crippen LogP contribution in [0.3, 0.4) is 0 Å². The molecule has 0 radical (unpaired) electrons. The Hall–Kier alpha value is -0.750. The zero-order valence-electron chi connectivity index (χ0n) is 8.67. The molecule has 0 spiro atoms. The lowest BCUT2D eigenvalue weighted by Gasteiger charge is -2.26. The predicted molar refractivity (Wildman–Crippen MR) is 48.8 cm³/mol. The molecule has 0 saturated carbocycles. The Kier molecular flexibility index (Phi) is 4.41. The number of carbonyl (C=O) groups is 1. The maximum Gasteiger partial charge on any atom is 0.376 e. The van der Waals surface area contributed by atoms with Crippen molar-refractivity contribution in [1.29, 1.82) is 0 Å². The first kappa shape index (κ1) is 12.3. The number of nitrogens with zero attached hydrogens (tertiary/aromatic N) is 1. The highest BCUT2D eigenvalue weighted by Gasteiger charge is 2.34. The van der Waals surface area contributed by atoms with Crippen molar-refractivity contribution in [2.24, 2.45) is 0 Å². The number of halogens is 2. The molecule has 0 unspecified atom stereocenters. The molecular weight excluding hydrogens is 208 g/mol. The van der Waals surface area contributed by atoms with Crippen molar-refractivity contribution in [1.82, 2.24) is 4.90 Å². The van der Waals surface area contributed by atoms with Gasteiger partial charge in [-0.05, 0) is 0 Å². The predicted octanol–water partition coefficient (Wildman–Crippen LogP) is 0.517. The summed E-state index contributed by atoms with van der Waals surface area (Å²) in [5.41, 5.74) is 0. The zero-order chi connectivity index (χ0) is 11.3. The summed E-state index contributed by atoms with van der Waals surface area (Å²) in [7, 11) is 0. The van der Waals surface area contributed by atoms with Gasteiger partial charge in [-0.3, -0.25) is 4.90 Å². The minimum atomic E-state index is -3.40. The molecule has 0 aromatic heterocycles. The van der Waals surface area contributed by atoms with E-state index in [0.717, 1.165) is 13.1 Å². The number of esters is 1. The van der Waals surface area contributed by atoms with Crippen LogP contribution in [-0.4, -0.2) is 56.2 Å². The van der Waals surface area contributed by atoms with E-state index in [1.165, 1.54) is 0 Å². The van der Waals surface area contributed by atoms with E-state index >= 15 is 0 Å². The fourth-order valence-corrected chi connectivity index (χ4v) is 1.22. The smallest absolute Gasteiger partial charge is 0.376 e. The average molecular weight is 223 g/mol. The highest BCUT2D eigenvalue weighted by molar-refractivity contribution is 5.76. The van der Waals surface area contributed by atoms with Crippen LogP contribution in [0.2, 0.25) is 0 Å². The molecule has 0 atom stereocenters. The molecule has 88 valence electrons. The average Bonchev–Trinajstić information content (AvgIpc) is 2.18. The summed E-state index contributed by atoms with van der Waals surface area (Å²) in [6.45, 7) is 3.79. The van der Waals surface area contributed by atoms with E-state index in [0.29, 0.717) is 26.7 Å². The van der Waals surface area contributed by atoms with Gasteiger partial charge < -0.3 is 9.47 Å². The summed E-state index contributed by atoms with van der Waals surface area (Å²) >= 11 is 0. The summed E-state index contributed by atoms with van der Waals surface area (Å²) in [6, 6.07) is 0. The number of morpholine rings is 1.